The molecule has 3 rings (SSSR count). The minimum Gasteiger partial charge on any atom is -0.387 e. The van der Waals surface area contributed by atoms with Gasteiger partial charge in [-0.3, -0.25) is 9.69 Å². The Kier molecular flexibility index (Phi) is 5.36. The van der Waals surface area contributed by atoms with Gasteiger partial charge in [0.05, 0.1) is 17.7 Å². The number of amides is 1. The summed E-state index contributed by atoms with van der Waals surface area (Å²) in [4.78, 5) is 27.5. The summed E-state index contributed by atoms with van der Waals surface area (Å²) in [6.45, 7) is 9.63. The van der Waals surface area contributed by atoms with E-state index in [-0.39, 0.29) is 11.8 Å². The Balaban J connectivity index is 1.58. The van der Waals surface area contributed by atoms with Crippen molar-refractivity contribution < 1.29 is 9.90 Å². The Labute approximate surface area is 149 Å². The van der Waals surface area contributed by atoms with Gasteiger partial charge in [0.2, 0.25) is 0 Å². The standard InChI is InChI=1S/C18H29N5O2/c1-14(2)16-19-10-15(11-20-16)17(24)23-5-4-18(25,13-23)12-22-8-6-21(3)7-9-22/h10-11,14,25H,4-9,12-13H2,1-3H3/t18-/m0/s1. The summed E-state index contributed by atoms with van der Waals surface area (Å²) >= 11 is 0. The van der Waals surface area contributed by atoms with Gasteiger partial charge in [0.1, 0.15) is 5.82 Å². The van der Waals surface area contributed by atoms with Gasteiger partial charge in [0.25, 0.3) is 5.91 Å². The second kappa shape index (κ2) is 7.35. The molecule has 1 N–H and O–H groups in total. The van der Waals surface area contributed by atoms with E-state index in [2.05, 4.69) is 26.8 Å². The lowest BCUT2D eigenvalue weighted by Gasteiger charge is -2.36. The number of likely N-dealkylation sites (tertiary alicyclic amines) is 1. The molecular formula is C18H29N5O2. The molecule has 2 fully saturated rings. The number of hydrogen-bond donors (Lipinski definition) is 1. The van der Waals surface area contributed by atoms with Crippen LogP contribution in [0, 0.1) is 0 Å². The number of nitrogens with zero attached hydrogens (tertiary/aromatic N) is 5. The highest BCUT2D eigenvalue weighted by atomic mass is 16.3. The van der Waals surface area contributed by atoms with Crippen LogP contribution in [0.1, 0.15) is 42.4 Å². The third kappa shape index (κ3) is 4.34. The molecule has 1 aromatic heterocycles. The van der Waals surface area contributed by atoms with Gasteiger partial charge in [0.15, 0.2) is 0 Å². The average molecular weight is 347 g/mol. The second-order valence-electron chi connectivity index (χ2n) is 7.77. The number of carbonyl (C=O) groups excluding carboxylic acids is 1. The maximum absolute atomic E-state index is 12.7. The molecular weight excluding hydrogens is 318 g/mol. The number of piperazine rings is 1. The second-order valence-corrected chi connectivity index (χ2v) is 7.77. The SMILES string of the molecule is CC(C)c1ncc(C(=O)N2CC[C@](O)(CN3CCN(C)CC3)C2)cn1. The summed E-state index contributed by atoms with van der Waals surface area (Å²) in [7, 11) is 2.12. The van der Waals surface area contributed by atoms with Crippen LogP contribution in [0.5, 0.6) is 0 Å². The van der Waals surface area contributed by atoms with E-state index < -0.39 is 5.60 Å². The number of aliphatic hydroxyl groups is 1. The molecule has 0 saturated carbocycles. The Hall–Kier alpha value is -1.57. The lowest BCUT2D eigenvalue weighted by molar-refractivity contribution is 0.000516. The largest absolute Gasteiger partial charge is 0.387 e. The lowest BCUT2D eigenvalue weighted by Crippen LogP contribution is -2.52. The molecule has 0 unspecified atom stereocenters. The summed E-state index contributed by atoms with van der Waals surface area (Å²) in [6, 6.07) is 0. The third-order valence-electron chi connectivity index (χ3n) is 5.17. The number of β-amino-alcohol motifs (C(OH)–C–C–N with tert-alkyl or cyclic N) is 1. The van der Waals surface area contributed by atoms with Crippen molar-refractivity contribution in [3.05, 3.63) is 23.8 Å². The van der Waals surface area contributed by atoms with Crippen LogP contribution in [0.3, 0.4) is 0 Å². The zero-order valence-electron chi connectivity index (χ0n) is 15.5. The highest BCUT2D eigenvalue weighted by Crippen LogP contribution is 2.24. The van der Waals surface area contributed by atoms with E-state index in [1.807, 2.05) is 13.8 Å². The molecule has 0 aromatic carbocycles. The van der Waals surface area contributed by atoms with Crippen LogP contribution in [0.2, 0.25) is 0 Å². The predicted octanol–water partition coefficient (Wildman–Crippen LogP) is 0.424. The molecule has 1 atom stereocenters. The van der Waals surface area contributed by atoms with E-state index in [0.717, 1.165) is 32.0 Å². The Morgan fingerprint density at radius 2 is 1.84 bits per heavy atom. The molecule has 2 aliphatic rings. The Morgan fingerprint density at radius 1 is 1.20 bits per heavy atom. The van der Waals surface area contributed by atoms with E-state index in [1.54, 1.807) is 17.3 Å². The molecule has 3 heterocycles. The van der Waals surface area contributed by atoms with E-state index >= 15 is 0 Å². The quantitative estimate of drug-likeness (QED) is 0.851. The van der Waals surface area contributed by atoms with Crippen molar-refractivity contribution in [3.8, 4) is 0 Å². The molecule has 25 heavy (non-hydrogen) atoms. The van der Waals surface area contributed by atoms with Gasteiger partial charge in [-0.2, -0.15) is 0 Å². The van der Waals surface area contributed by atoms with Crippen molar-refractivity contribution in [1.29, 1.82) is 0 Å². The number of rotatable bonds is 4. The fraction of sp³-hybridized carbons (Fsp3) is 0.722. The molecule has 7 nitrogen and oxygen atoms in total. The monoisotopic (exact) mass is 347 g/mol. The van der Waals surface area contributed by atoms with Crippen molar-refractivity contribution in [3.63, 3.8) is 0 Å². The molecule has 1 amide bonds. The van der Waals surface area contributed by atoms with E-state index in [0.29, 0.717) is 31.6 Å². The topological polar surface area (TPSA) is 72.8 Å². The highest BCUT2D eigenvalue weighted by Gasteiger charge is 2.40. The minimum atomic E-state index is -0.815. The maximum Gasteiger partial charge on any atom is 0.257 e. The van der Waals surface area contributed by atoms with E-state index in [4.69, 9.17) is 0 Å². The van der Waals surface area contributed by atoms with Gasteiger partial charge in [0, 0.05) is 57.6 Å². The molecule has 0 radical (unpaired) electrons. The first-order valence-electron chi connectivity index (χ1n) is 9.11. The molecule has 1 aromatic rings. The Bertz CT molecular complexity index is 598. The number of hydrogen-bond acceptors (Lipinski definition) is 6. The summed E-state index contributed by atoms with van der Waals surface area (Å²) in [6.07, 6.45) is 3.82. The molecule has 0 aliphatic carbocycles. The lowest BCUT2D eigenvalue weighted by atomic mass is 10.0. The third-order valence-corrected chi connectivity index (χ3v) is 5.17. The molecule has 0 bridgehead atoms. The van der Waals surface area contributed by atoms with Gasteiger partial charge in [-0.05, 0) is 13.5 Å². The fourth-order valence-electron chi connectivity index (χ4n) is 3.51. The average Bonchev–Trinajstić information content (AvgIpc) is 2.98. The van der Waals surface area contributed by atoms with Crippen LogP contribution >= 0.6 is 0 Å². The van der Waals surface area contributed by atoms with E-state index in [1.165, 1.54) is 0 Å². The van der Waals surface area contributed by atoms with Gasteiger partial charge < -0.3 is 14.9 Å². The molecule has 2 aliphatic heterocycles. The molecule has 7 heteroatoms. The molecule has 0 spiro atoms. The van der Waals surface area contributed by atoms with Crippen molar-refractivity contribution in [2.75, 3.05) is 52.9 Å². The summed E-state index contributed by atoms with van der Waals surface area (Å²) in [5, 5.41) is 10.9. The molecule has 2 saturated heterocycles. The van der Waals surface area contributed by atoms with Crippen LogP contribution < -0.4 is 0 Å². The van der Waals surface area contributed by atoms with Crippen LogP contribution in [0.4, 0.5) is 0 Å². The van der Waals surface area contributed by atoms with Gasteiger partial charge >= 0.3 is 0 Å². The van der Waals surface area contributed by atoms with Crippen LogP contribution in [-0.4, -0.2) is 94.1 Å². The summed E-state index contributed by atoms with van der Waals surface area (Å²) in [5.74, 6) is 0.888. The van der Waals surface area contributed by atoms with Crippen molar-refractivity contribution in [2.24, 2.45) is 0 Å². The van der Waals surface area contributed by atoms with Crippen molar-refractivity contribution in [2.45, 2.75) is 31.8 Å². The maximum atomic E-state index is 12.7. The number of likely N-dealkylation sites (N-methyl/N-ethyl adjacent to an activating group) is 1. The summed E-state index contributed by atoms with van der Waals surface area (Å²) < 4.78 is 0. The van der Waals surface area contributed by atoms with Crippen LogP contribution in [0.15, 0.2) is 12.4 Å². The molecule has 138 valence electrons. The first-order chi connectivity index (χ1) is 11.9. The smallest absolute Gasteiger partial charge is 0.257 e. The van der Waals surface area contributed by atoms with Crippen LogP contribution in [0.25, 0.3) is 0 Å². The number of carbonyl (C=O) groups is 1. The fourth-order valence-corrected chi connectivity index (χ4v) is 3.51. The van der Waals surface area contributed by atoms with Crippen molar-refractivity contribution >= 4 is 5.91 Å². The Morgan fingerprint density at radius 3 is 2.44 bits per heavy atom. The summed E-state index contributed by atoms with van der Waals surface area (Å²) in [5.41, 5.74) is -0.321. The van der Waals surface area contributed by atoms with E-state index in [9.17, 15) is 9.90 Å². The number of aromatic nitrogens is 2. The predicted molar refractivity (Wildman–Crippen MR) is 95.5 cm³/mol. The normalized spacial score (nSPS) is 25.7. The van der Waals surface area contributed by atoms with Gasteiger partial charge in [-0.15, -0.1) is 0 Å². The first kappa shape index (κ1) is 18.2. The minimum absolute atomic E-state index is 0.0930. The van der Waals surface area contributed by atoms with Gasteiger partial charge in [-0.25, -0.2) is 9.97 Å². The zero-order chi connectivity index (χ0) is 18.0. The van der Waals surface area contributed by atoms with Gasteiger partial charge in [-0.1, -0.05) is 13.8 Å². The van der Waals surface area contributed by atoms with Crippen molar-refractivity contribution in [1.82, 2.24) is 24.7 Å². The van der Waals surface area contributed by atoms with Crippen LogP contribution in [-0.2, 0) is 0 Å². The zero-order valence-corrected chi connectivity index (χ0v) is 15.5. The highest BCUT2D eigenvalue weighted by molar-refractivity contribution is 5.93. The first-order valence-corrected chi connectivity index (χ1v) is 9.11.